The fourth-order valence-electron chi connectivity index (χ4n) is 3.62. The summed E-state index contributed by atoms with van der Waals surface area (Å²) >= 11 is 3.38. The summed E-state index contributed by atoms with van der Waals surface area (Å²) in [6, 6.07) is 16.2. The van der Waals surface area contributed by atoms with Crippen LogP contribution in [0.5, 0.6) is 17.2 Å². The van der Waals surface area contributed by atoms with Gasteiger partial charge in [-0.3, -0.25) is 14.4 Å². The van der Waals surface area contributed by atoms with E-state index in [9.17, 15) is 14.4 Å². The number of hydrogen-bond acceptors (Lipinski definition) is 7. The van der Waals surface area contributed by atoms with Crippen molar-refractivity contribution in [2.24, 2.45) is 5.10 Å². The third kappa shape index (κ3) is 8.57. The van der Waals surface area contributed by atoms with Gasteiger partial charge in [-0.05, 0) is 73.4 Å². The number of amides is 3. The molecule has 0 aliphatic carbocycles. The minimum absolute atomic E-state index is 0.231. The molecule has 0 bridgehead atoms. The number of carbonyl (C=O) groups excluding carboxylic acids is 3. The number of hydrazone groups is 1. The van der Waals surface area contributed by atoms with Crippen molar-refractivity contribution < 1.29 is 28.6 Å². The summed E-state index contributed by atoms with van der Waals surface area (Å²) in [5.74, 6) is -0.516. The second kappa shape index (κ2) is 14.7. The quantitative estimate of drug-likeness (QED) is 0.172. The molecule has 11 heteroatoms. The van der Waals surface area contributed by atoms with Crippen molar-refractivity contribution in [1.29, 1.82) is 0 Å². The second-order valence-electron chi connectivity index (χ2n) is 8.66. The molecule has 3 amide bonds. The Morgan fingerprint density at radius 1 is 0.925 bits per heavy atom. The van der Waals surface area contributed by atoms with Gasteiger partial charge in [-0.1, -0.05) is 34.1 Å². The summed E-state index contributed by atoms with van der Waals surface area (Å²) in [5, 5.41) is 9.26. The van der Waals surface area contributed by atoms with Crippen LogP contribution in [0.3, 0.4) is 0 Å². The molecule has 0 saturated carbocycles. The molecule has 0 fully saturated rings. The van der Waals surface area contributed by atoms with E-state index in [4.69, 9.17) is 14.2 Å². The molecule has 3 aromatic rings. The van der Waals surface area contributed by atoms with E-state index in [-0.39, 0.29) is 19.1 Å². The molecular formula is C29H31BrN4O6. The van der Waals surface area contributed by atoms with Crippen LogP contribution in [0.2, 0.25) is 0 Å². The normalized spacial score (nSPS) is 10.6. The van der Waals surface area contributed by atoms with E-state index in [0.29, 0.717) is 29.2 Å². The number of halogens is 1. The van der Waals surface area contributed by atoms with Gasteiger partial charge in [0.2, 0.25) is 0 Å². The number of nitrogens with zero attached hydrogens (tertiary/aromatic N) is 1. The van der Waals surface area contributed by atoms with Crippen molar-refractivity contribution in [3.8, 4) is 17.2 Å². The van der Waals surface area contributed by atoms with Gasteiger partial charge in [0.25, 0.3) is 5.91 Å². The standard InChI is InChI=1S/C29H31BrN4O6/c1-18-6-5-7-23(19(18)2)33-27(35)17-40-24-11-9-22(30)15-21(24)16-32-34-29(37)28(36)31-13-12-20-8-10-25(38-3)26(14-20)39-4/h5-11,14-16H,12-13,17H2,1-4H3,(H,31,36)(H,33,35)(H,34,37)/b32-16-. The Hall–Kier alpha value is -4.38. The molecule has 0 heterocycles. The maximum absolute atomic E-state index is 12.5. The van der Waals surface area contributed by atoms with Gasteiger partial charge in [-0.25, -0.2) is 5.43 Å². The van der Waals surface area contributed by atoms with Crippen LogP contribution in [0.15, 0.2) is 64.2 Å². The van der Waals surface area contributed by atoms with Crippen LogP contribution < -0.4 is 30.3 Å². The molecule has 0 aliphatic heterocycles. The Morgan fingerprint density at radius 2 is 1.68 bits per heavy atom. The van der Waals surface area contributed by atoms with E-state index in [1.54, 1.807) is 44.6 Å². The lowest BCUT2D eigenvalue weighted by molar-refractivity contribution is -0.139. The zero-order valence-corrected chi connectivity index (χ0v) is 24.3. The van der Waals surface area contributed by atoms with Gasteiger partial charge >= 0.3 is 11.8 Å². The molecule has 10 nitrogen and oxygen atoms in total. The molecule has 0 aromatic heterocycles. The third-order valence-electron chi connectivity index (χ3n) is 5.93. The lowest BCUT2D eigenvalue weighted by Gasteiger charge is -2.12. The van der Waals surface area contributed by atoms with Crippen molar-refractivity contribution in [1.82, 2.24) is 10.7 Å². The highest BCUT2D eigenvalue weighted by Gasteiger charge is 2.13. The number of benzene rings is 3. The molecule has 3 aromatic carbocycles. The van der Waals surface area contributed by atoms with E-state index in [2.05, 4.69) is 37.1 Å². The fourth-order valence-corrected chi connectivity index (χ4v) is 3.99. The number of aryl methyl sites for hydroxylation is 1. The van der Waals surface area contributed by atoms with Crippen molar-refractivity contribution in [3.05, 3.63) is 81.3 Å². The molecule has 40 heavy (non-hydrogen) atoms. The maximum atomic E-state index is 12.5. The van der Waals surface area contributed by atoms with Crippen molar-refractivity contribution >= 4 is 45.6 Å². The number of anilines is 1. The number of methoxy groups -OCH3 is 2. The summed E-state index contributed by atoms with van der Waals surface area (Å²) in [5.41, 5.74) is 6.36. The average Bonchev–Trinajstić information content (AvgIpc) is 2.94. The number of nitrogens with one attached hydrogen (secondary N) is 3. The molecule has 3 rings (SSSR count). The zero-order chi connectivity index (χ0) is 29.1. The average molecular weight is 611 g/mol. The molecule has 210 valence electrons. The molecular weight excluding hydrogens is 580 g/mol. The van der Waals surface area contributed by atoms with Gasteiger partial charge in [0.15, 0.2) is 18.1 Å². The second-order valence-corrected chi connectivity index (χ2v) is 9.58. The SMILES string of the molecule is COc1ccc(CCNC(=O)C(=O)N/N=C\c2cc(Br)ccc2OCC(=O)Nc2cccc(C)c2C)cc1OC. The summed E-state index contributed by atoms with van der Waals surface area (Å²) in [6.45, 7) is 3.91. The van der Waals surface area contributed by atoms with Crippen LogP contribution in [0, 0.1) is 13.8 Å². The van der Waals surface area contributed by atoms with Gasteiger partial charge < -0.3 is 24.8 Å². The van der Waals surface area contributed by atoms with E-state index >= 15 is 0 Å². The minimum Gasteiger partial charge on any atom is -0.493 e. The van der Waals surface area contributed by atoms with Gasteiger partial charge in [-0.15, -0.1) is 0 Å². The fraction of sp³-hybridized carbons (Fsp3) is 0.241. The highest BCUT2D eigenvalue weighted by Crippen LogP contribution is 2.27. The molecule has 0 radical (unpaired) electrons. The first-order valence-corrected chi connectivity index (χ1v) is 13.1. The Bertz CT molecular complexity index is 1410. The Kier molecular flexibility index (Phi) is 11.1. The summed E-state index contributed by atoms with van der Waals surface area (Å²) in [6.07, 6.45) is 1.82. The monoisotopic (exact) mass is 610 g/mol. The lowest BCUT2D eigenvalue weighted by Crippen LogP contribution is -2.38. The van der Waals surface area contributed by atoms with Gasteiger partial charge in [0.05, 0.1) is 20.4 Å². The van der Waals surface area contributed by atoms with Crippen LogP contribution in [0.25, 0.3) is 0 Å². The molecule has 0 aliphatic rings. The Morgan fingerprint density at radius 3 is 2.42 bits per heavy atom. The van der Waals surface area contributed by atoms with Crippen molar-refractivity contribution in [2.75, 3.05) is 32.7 Å². The van der Waals surface area contributed by atoms with Crippen LogP contribution >= 0.6 is 15.9 Å². The number of carbonyl (C=O) groups is 3. The lowest BCUT2D eigenvalue weighted by atomic mass is 10.1. The summed E-state index contributed by atoms with van der Waals surface area (Å²) < 4.78 is 16.9. The number of ether oxygens (including phenoxy) is 3. The molecule has 0 atom stereocenters. The molecule has 0 spiro atoms. The van der Waals surface area contributed by atoms with E-state index in [1.165, 1.54) is 6.21 Å². The number of hydrogen-bond donors (Lipinski definition) is 3. The van der Waals surface area contributed by atoms with Gasteiger partial charge in [-0.2, -0.15) is 5.10 Å². The van der Waals surface area contributed by atoms with Gasteiger partial charge in [0.1, 0.15) is 5.75 Å². The molecule has 0 saturated heterocycles. The van der Waals surface area contributed by atoms with Crippen LogP contribution in [-0.2, 0) is 20.8 Å². The summed E-state index contributed by atoms with van der Waals surface area (Å²) in [4.78, 5) is 36.8. The van der Waals surface area contributed by atoms with Crippen molar-refractivity contribution in [3.63, 3.8) is 0 Å². The van der Waals surface area contributed by atoms with Crippen molar-refractivity contribution in [2.45, 2.75) is 20.3 Å². The first-order valence-electron chi connectivity index (χ1n) is 12.3. The zero-order valence-electron chi connectivity index (χ0n) is 22.7. The summed E-state index contributed by atoms with van der Waals surface area (Å²) in [7, 11) is 3.10. The Labute approximate surface area is 241 Å². The first-order chi connectivity index (χ1) is 19.2. The largest absolute Gasteiger partial charge is 0.493 e. The highest BCUT2D eigenvalue weighted by molar-refractivity contribution is 9.10. The molecule has 0 unspecified atom stereocenters. The smallest absolute Gasteiger partial charge is 0.329 e. The highest BCUT2D eigenvalue weighted by atomic mass is 79.9. The van der Waals surface area contributed by atoms with Crippen LogP contribution in [0.4, 0.5) is 5.69 Å². The predicted molar refractivity (Wildman–Crippen MR) is 156 cm³/mol. The topological polar surface area (TPSA) is 127 Å². The Balaban J connectivity index is 1.51. The molecule has 3 N–H and O–H groups in total. The van der Waals surface area contributed by atoms with E-state index in [1.807, 2.05) is 38.1 Å². The van der Waals surface area contributed by atoms with Gasteiger partial charge in [0, 0.05) is 22.3 Å². The third-order valence-corrected chi connectivity index (χ3v) is 6.43. The van der Waals surface area contributed by atoms with E-state index < -0.39 is 11.8 Å². The van der Waals surface area contributed by atoms with Crippen LogP contribution in [-0.4, -0.2) is 51.3 Å². The first kappa shape index (κ1) is 30.2. The number of rotatable bonds is 11. The van der Waals surface area contributed by atoms with Crippen LogP contribution in [0.1, 0.15) is 22.3 Å². The minimum atomic E-state index is -0.922. The van der Waals surface area contributed by atoms with E-state index in [0.717, 1.165) is 26.9 Å². The maximum Gasteiger partial charge on any atom is 0.329 e. The predicted octanol–water partition coefficient (Wildman–Crippen LogP) is 3.91.